The van der Waals surface area contributed by atoms with Crippen LogP contribution in [0.2, 0.25) is 0 Å². The van der Waals surface area contributed by atoms with Crippen molar-refractivity contribution in [2.24, 2.45) is 10.2 Å². The number of hydrogen-bond donors (Lipinski definition) is 0. The van der Waals surface area contributed by atoms with E-state index in [-0.39, 0.29) is 11.4 Å². The lowest BCUT2D eigenvalue weighted by molar-refractivity contribution is -0.114. The molecule has 2 rings (SSSR count). The van der Waals surface area contributed by atoms with Crippen molar-refractivity contribution >= 4 is 17.5 Å². The van der Waals surface area contributed by atoms with Crippen molar-refractivity contribution in [3.8, 4) is 0 Å². The fourth-order valence-corrected chi connectivity index (χ4v) is 1.13. The first-order chi connectivity index (χ1) is 7.22. The Morgan fingerprint density at radius 1 is 1.33 bits per heavy atom. The zero-order valence-corrected chi connectivity index (χ0v) is 7.67. The Bertz CT molecular complexity index is 493. The van der Waals surface area contributed by atoms with Crippen LogP contribution >= 0.6 is 0 Å². The highest BCUT2D eigenvalue weighted by Crippen LogP contribution is 2.21. The molecule has 0 aromatic carbocycles. The van der Waals surface area contributed by atoms with E-state index in [2.05, 4.69) is 26.8 Å². The zero-order valence-electron chi connectivity index (χ0n) is 7.67. The minimum Gasteiger partial charge on any atom is -0.283 e. The van der Waals surface area contributed by atoms with E-state index >= 15 is 0 Å². The predicted molar refractivity (Wildman–Crippen MR) is 49.8 cm³/mol. The average molecular weight is 202 g/mol. The summed E-state index contributed by atoms with van der Waals surface area (Å²) in [5, 5.41) is 6.71. The van der Waals surface area contributed by atoms with Crippen LogP contribution in [0.5, 0.6) is 0 Å². The largest absolute Gasteiger partial charge is 0.336 e. The van der Waals surface area contributed by atoms with Gasteiger partial charge in [0.2, 0.25) is 0 Å². The standard InChI is InChI=1S/C9H6N4O2/c1-2-3-6-10-4-5-7(14)9(15)13-12-8(5)11-6/h2,4H,1,3H2. The summed E-state index contributed by atoms with van der Waals surface area (Å²) >= 11 is 0. The Morgan fingerprint density at radius 3 is 2.87 bits per heavy atom. The minimum atomic E-state index is -0.887. The van der Waals surface area contributed by atoms with Gasteiger partial charge in [-0.2, -0.15) is 0 Å². The second-order valence-electron chi connectivity index (χ2n) is 2.85. The van der Waals surface area contributed by atoms with Crippen molar-refractivity contribution in [2.45, 2.75) is 6.42 Å². The molecule has 1 aromatic heterocycles. The number of carbonyl (C=O) groups is 2. The molecule has 6 nitrogen and oxygen atoms in total. The van der Waals surface area contributed by atoms with Gasteiger partial charge in [0.1, 0.15) is 5.82 Å². The number of Topliss-reactive ketones (excluding diaryl/α,β-unsaturated/α-hetero) is 1. The number of fused-ring (bicyclic) bond motifs is 1. The summed E-state index contributed by atoms with van der Waals surface area (Å²) in [7, 11) is 0. The SMILES string of the molecule is C=CCc1ncc2c(n1)N=NC(=O)C2=O. The lowest BCUT2D eigenvalue weighted by atomic mass is 10.2. The Kier molecular flexibility index (Phi) is 2.17. The molecule has 0 unspecified atom stereocenters. The Labute approximate surface area is 84.8 Å². The van der Waals surface area contributed by atoms with Crippen LogP contribution in [0.1, 0.15) is 16.2 Å². The maximum atomic E-state index is 11.3. The lowest BCUT2D eigenvalue weighted by Gasteiger charge is -2.05. The van der Waals surface area contributed by atoms with E-state index in [1.807, 2.05) is 0 Å². The maximum absolute atomic E-state index is 11.3. The number of hydrogen-bond acceptors (Lipinski definition) is 5. The van der Waals surface area contributed by atoms with Gasteiger partial charge in [-0.15, -0.1) is 16.8 Å². The van der Waals surface area contributed by atoms with Crippen molar-refractivity contribution in [3.63, 3.8) is 0 Å². The van der Waals surface area contributed by atoms with Gasteiger partial charge in [-0.25, -0.2) is 9.97 Å². The van der Waals surface area contributed by atoms with E-state index in [1.165, 1.54) is 6.20 Å². The molecule has 0 N–H and O–H groups in total. The van der Waals surface area contributed by atoms with E-state index in [9.17, 15) is 9.59 Å². The summed E-state index contributed by atoms with van der Waals surface area (Å²) in [6, 6.07) is 0. The van der Waals surface area contributed by atoms with E-state index in [4.69, 9.17) is 0 Å². The van der Waals surface area contributed by atoms with Gasteiger partial charge in [0.05, 0.1) is 5.56 Å². The van der Waals surface area contributed by atoms with E-state index in [0.717, 1.165) is 0 Å². The van der Waals surface area contributed by atoms with Crippen LogP contribution in [0.25, 0.3) is 0 Å². The van der Waals surface area contributed by atoms with E-state index in [0.29, 0.717) is 12.2 Å². The first-order valence-corrected chi connectivity index (χ1v) is 4.19. The number of carbonyl (C=O) groups excluding carboxylic acids is 2. The number of allylic oxidation sites excluding steroid dienone is 1. The number of ketones is 1. The van der Waals surface area contributed by atoms with Gasteiger partial charge < -0.3 is 0 Å². The molecule has 15 heavy (non-hydrogen) atoms. The van der Waals surface area contributed by atoms with Crippen LogP contribution < -0.4 is 0 Å². The Balaban J connectivity index is 2.49. The van der Waals surface area contributed by atoms with Crippen LogP contribution in [-0.4, -0.2) is 21.7 Å². The summed E-state index contributed by atoms with van der Waals surface area (Å²) in [6.07, 6.45) is 3.40. The summed E-state index contributed by atoms with van der Waals surface area (Å²) in [5.74, 6) is -0.968. The number of aromatic nitrogens is 2. The van der Waals surface area contributed by atoms with Crippen LogP contribution in [0, 0.1) is 0 Å². The second kappa shape index (κ2) is 3.49. The topological polar surface area (TPSA) is 84.6 Å². The fourth-order valence-electron chi connectivity index (χ4n) is 1.13. The fraction of sp³-hybridized carbons (Fsp3) is 0.111. The molecule has 1 amide bonds. The highest BCUT2D eigenvalue weighted by Gasteiger charge is 2.25. The van der Waals surface area contributed by atoms with Gasteiger partial charge in [0.15, 0.2) is 5.82 Å². The average Bonchev–Trinajstić information content (AvgIpc) is 2.24. The molecule has 0 fully saturated rings. The van der Waals surface area contributed by atoms with Gasteiger partial charge in [-0.05, 0) is 0 Å². The number of nitrogens with zero attached hydrogens (tertiary/aromatic N) is 4. The van der Waals surface area contributed by atoms with E-state index in [1.54, 1.807) is 6.08 Å². The molecule has 0 bridgehead atoms. The van der Waals surface area contributed by atoms with Crippen molar-refractivity contribution in [1.82, 2.24) is 9.97 Å². The third-order valence-corrected chi connectivity index (χ3v) is 1.82. The first kappa shape index (κ1) is 9.32. The van der Waals surface area contributed by atoms with Gasteiger partial charge in [0.25, 0.3) is 5.78 Å². The molecule has 0 saturated heterocycles. The quantitative estimate of drug-likeness (QED) is 0.529. The summed E-state index contributed by atoms with van der Waals surface area (Å²) in [4.78, 5) is 30.0. The Morgan fingerprint density at radius 2 is 2.13 bits per heavy atom. The number of rotatable bonds is 2. The molecule has 74 valence electrons. The molecule has 1 aliphatic heterocycles. The molecular formula is C9H6N4O2. The molecule has 1 aliphatic rings. The van der Waals surface area contributed by atoms with Gasteiger partial charge >= 0.3 is 5.91 Å². The minimum absolute atomic E-state index is 0.0998. The monoisotopic (exact) mass is 202 g/mol. The molecule has 2 heterocycles. The van der Waals surface area contributed by atoms with Crippen molar-refractivity contribution in [2.75, 3.05) is 0 Å². The molecule has 0 aliphatic carbocycles. The van der Waals surface area contributed by atoms with E-state index < -0.39 is 11.7 Å². The molecule has 0 saturated carbocycles. The lowest BCUT2D eigenvalue weighted by Crippen LogP contribution is -2.16. The number of azo groups is 1. The van der Waals surface area contributed by atoms with Gasteiger partial charge in [-0.3, -0.25) is 9.59 Å². The normalized spacial score (nSPS) is 13.9. The Hall–Kier alpha value is -2.24. The van der Waals surface area contributed by atoms with Crippen LogP contribution in [0.15, 0.2) is 29.1 Å². The summed E-state index contributed by atoms with van der Waals surface area (Å²) < 4.78 is 0. The zero-order chi connectivity index (χ0) is 10.8. The molecule has 0 radical (unpaired) electrons. The van der Waals surface area contributed by atoms with Crippen molar-refractivity contribution < 1.29 is 9.59 Å². The van der Waals surface area contributed by atoms with Gasteiger partial charge in [0, 0.05) is 12.6 Å². The summed E-state index contributed by atoms with van der Waals surface area (Å²) in [6.45, 7) is 3.54. The number of amides is 1. The first-order valence-electron chi connectivity index (χ1n) is 4.19. The van der Waals surface area contributed by atoms with Crippen LogP contribution in [0.3, 0.4) is 0 Å². The molecule has 0 atom stereocenters. The third kappa shape index (κ3) is 1.56. The second-order valence-corrected chi connectivity index (χ2v) is 2.85. The smallest absolute Gasteiger partial charge is 0.283 e. The third-order valence-electron chi connectivity index (χ3n) is 1.82. The van der Waals surface area contributed by atoms with Crippen LogP contribution in [-0.2, 0) is 11.2 Å². The maximum Gasteiger partial charge on any atom is 0.336 e. The van der Waals surface area contributed by atoms with Crippen LogP contribution in [0.4, 0.5) is 5.82 Å². The molecule has 0 spiro atoms. The molecule has 6 heteroatoms. The summed E-state index contributed by atoms with van der Waals surface area (Å²) in [5.41, 5.74) is 0.0998. The molecule has 1 aromatic rings. The highest BCUT2D eigenvalue weighted by atomic mass is 16.2. The van der Waals surface area contributed by atoms with Gasteiger partial charge in [-0.1, -0.05) is 6.08 Å². The van der Waals surface area contributed by atoms with Crippen molar-refractivity contribution in [3.05, 3.63) is 30.2 Å². The highest BCUT2D eigenvalue weighted by molar-refractivity contribution is 6.44. The predicted octanol–water partition coefficient (Wildman–Crippen LogP) is 1.01. The van der Waals surface area contributed by atoms with Crippen molar-refractivity contribution in [1.29, 1.82) is 0 Å². The molecular weight excluding hydrogens is 196 g/mol.